The van der Waals surface area contributed by atoms with Gasteiger partial charge in [-0.3, -0.25) is 9.00 Å². The number of hydrogen-bond donors (Lipinski definition) is 4. The summed E-state index contributed by atoms with van der Waals surface area (Å²) >= 11 is -3.22. The van der Waals surface area contributed by atoms with Crippen molar-refractivity contribution in [1.29, 1.82) is 0 Å². The smallest absolute Gasteiger partial charge is 0.335 e. The Hall–Kier alpha value is -7.87. The molecular weight excluding hydrogens is 1590 g/mol. The van der Waals surface area contributed by atoms with Crippen LogP contribution in [-0.4, -0.2) is 140 Å². The van der Waals surface area contributed by atoms with Crippen LogP contribution in [0.2, 0.25) is 0 Å². The summed E-state index contributed by atoms with van der Waals surface area (Å²) in [4.78, 5) is 15.7. The molecule has 0 aromatic heterocycles. The average Bonchev–Trinajstić information content (AvgIpc) is 1.59. The molecule has 3 fully saturated rings. The van der Waals surface area contributed by atoms with Crippen LogP contribution in [0.15, 0.2) is 190 Å². The minimum atomic E-state index is -4.27. The molecule has 12 rings (SSSR count). The summed E-state index contributed by atoms with van der Waals surface area (Å²) in [7, 11) is -7.71. The zero-order valence-electron chi connectivity index (χ0n) is 70.4. The van der Waals surface area contributed by atoms with Crippen LogP contribution < -0.4 is 19.7 Å². The first-order valence-electron chi connectivity index (χ1n) is 41.9. The number of phenols is 1. The van der Waals surface area contributed by atoms with Gasteiger partial charge in [-0.25, -0.2) is 16.8 Å². The van der Waals surface area contributed by atoms with E-state index in [2.05, 4.69) is 130 Å². The summed E-state index contributed by atoms with van der Waals surface area (Å²) in [6.45, 7) is 23.6. The molecule has 6 aromatic rings. The van der Waals surface area contributed by atoms with E-state index in [1.54, 1.807) is 48.5 Å². The van der Waals surface area contributed by atoms with E-state index in [0.717, 1.165) is 154 Å². The number of aliphatic hydroxyl groups is 1. The zero-order chi connectivity index (χ0) is 85.8. The molecule has 11 unspecified atom stereocenters. The number of hydrogen-bond acceptors (Lipinski definition) is 20. The number of sulfone groups is 1. The summed E-state index contributed by atoms with van der Waals surface area (Å²) in [5.41, 5.74) is 13.0. The number of benzene rings is 6. The second kappa shape index (κ2) is 43.3. The molecule has 1 amide bonds. The van der Waals surface area contributed by atoms with Gasteiger partial charge in [-0.05, 0) is 225 Å². The molecular formula is C92H119N4O19S4-. The van der Waals surface area contributed by atoms with Crippen molar-refractivity contribution in [1.82, 2.24) is 5.32 Å². The van der Waals surface area contributed by atoms with Crippen molar-refractivity contribution in [3.8, 4) is 11.5 Å². The third-order valence-corrected chi connectivity index (χ3v) is 25.4. The fourth-order valence-corrected chi connectivity index (χ4v) is 18.1. The van der Waals surface area contributed by atoms with Gasteiger partial charge in [-0.1, -0.05) is 127 Å². The van der Waals surface area contributed by atoms with Crippen LogP contribution in [-0.2, 0) is 82.0 Å². The van der Waals surface area contributed by atoms with Gasteiger partial charge in [0.2, 0.25) is 5.69 Å². The lowest BCUT2D eigenvalue weighted by Crippen LogP contribution is -2.44. The SMILES string of the molecule is CCCCN1/C(=C/C=C2\CCCC(/C=C/C3=[N+](CCCC)c4ccc(S(C)(=O)=O)cc4C3(C)C)=C2Oc2cccc(C3OC(CCC)CC(CC(O)CCCC4CC(CCCC5CC(CC)OC(CNC(=O)c6ccc(NS(=O)[O-])cc6)O5)OC(c5cccc(O)c5)O4)O3)c2)C(C)(C)c2cc(C)ccc21.Cc1ccc(S(=O)(=O)[O-])cc1.O=S=O. The van der Waals surface area contributed by atoms with Gasteiger partial charge in [0.1, 0.15) is 33.9 Å². The maximum absolute atomic E-state index is 13.1. The highest BCUT2D eigenvalue weighted by molar-refractivity contribution is 7.90. The van der Waals surface area contributed by atoms with Gasteiger partial charge in [0, 0.05) is 100 Å². The van der Waals surface area contributed by atoms with Gasteiger partial charge in [0.25, 0.3) is 5.91 Å². The lowest BCUT2D eigenvalue weighted by molar-refractivity contribution is -0.438. The van der Waals surface area contributed by atoms with E-state index in [9.17, 15) is 45.2 Å². The Morgan fingerprint density at radius 2 is 1.29 bits per heavy atom. The van der Waals surface area contributed by atoms with Crippen LogP contribution in [0.3, 0.4) is 0 Å². The number of aromatic hydroxyl groups is 1. The highest BCUT2D eigenvalue weighted by Gasteiger charge is 2.46. The lowest BCUT2D eigenvalue weighted by Gasteiger charge is -2.38. The largest absolute Gasteiger partial charge is 0.755 e. The van der Waals surface area contributed by atoms with Crippen molar-refractivity contribution in [2.24, 2.45) is 0 Å². The number of rotatable bonds is 33. The number of fused-ring (bicyclic) bond motifs is 2. The number of unbranched alkanes of at least 4 members (excludes halogenated alkanes) is 2. The number of anilines is 2. The Bertz CT molecular complexity index is 4900. The molecule has 27 heteroatoms. The number of nitrogens with zero attached hydrogens (tertiary/aromatic N) is 2. The molecule has 0 radical (unpaired) electrons. The first-order chi connectivity index (χ1) is 56.8. The number of aryl methyl sites for hydroxylation is 2. The average molecular weight is 1710 g/mol. The molecule has 23 nitrogen and oxygen atoms in total. The second-order valence-corrected chi connectivity index (χ2v) is 37.1. The number of phenolic OH excluding ortho intramolecular Hbond substituents is 1. The Morgan fingerprint density at radius 1 is 0.681 bits per heavy atom. The quantitative estimate of drug-likeness (QED) is 0.0169. The first kappa shape index (κ1) is 93.4. The van der Waals surface area contributed by atoms with Crippen LogP contribution in [0, 0.1) is 13.8 Å². The van der Waals surface area contributed by atoms with Crippen molar-refractivity contribution in [3.63, 3.8) is 0 Å². The van der Waals surface area contributed by atoms with Crippen molar-refractivity contribution < 1.29 is 91.3 Å². The molecule has 5 heterocycles. The maximum Gasteiger partial charge on any atom is 0.335 e. The second-order valence-electron chi connectivity index (χ2n) is 32.9. The third-order valence-electron chi connectivity index (χ3n) is 23.0. The number of carbonyl (C=O) groups excluding carboxylic acids is 1. The van der Waals surface area contributed by atoms with Gasteiger partial charge in [0.15, 0.2) is 34.4 Å². The fraction of sp³-hybridized carbons (Fsp3) is 0.500. The van der Waals surface area contributed by atoms with Gasteiger partial charge in [-0.15, -0.1) is 0 Å². The first-order valence-corrected chi connectivity index (χ1v) is 46.9. The van der Waals surface area contributed by atoms with Crippen molar-refractivity contribution in [2.45, 2.75) is 280 Å². The standard InChI is InChI=1S/C85H112N4O14S2.C7H8O3S.O2S/c1-11-15-45-88-75-41-33-56(5)47-73(75)84(6,7)77(88)43-36-57-23-17-24-58(37-44-78-85(8,9)74-54-72(105(10,95)96)40-42-76(74)89(78)46-16-12-2)80(57)99-67-29-19-26-61(49-67)83-100-66(22-13-3)53-71(103-83)50-64(91)28-20-30-69-52-70(102-82(101-69)60-25-18-27-63(90)48-60)32-21-31-68-51-65(14-4)97-79(98-68)55-86-81(92)59-34-38-62(39-35-59)87-104(93)94;1-6-2-4-7(5-3-6)11(8,9)10;1-3-2/h18-19,25-27,29,33-44,47-49,54,64-66,68-71,79,82-83,91H,11-17,20-24,28,30-32,45-46,50-53,55H2,1-10H3,(H3-,86,87,90,92,93,94);2-5H,1H3,(H,8,9,10);/p-1. The number of carbonyl (C=O) groups is 1. The van der Waals surface area contributed by atoms with Crippen LogP contribution in [0.25, 0.3) is 0 Å². The molecule has 646 valence electrons. The van der Waals surface area contributed by atoms with Gasteiger partial charge in [0.05, 0.1) is 64.5 Å². The van der Waals surface area contributed by atoms with E-state index < -0.39 is 73.2 Å². The molecule has 1 aliphatic carbocycles. The summed E-state index contributed by atoms with van der Waals surface area (Å²) in [5.74, 6) is 1.29. The minimum absolute atomic E-state index is 0.0350. The lowest BCUT2D eigenvalue weighted by atomic mass is 9.81. The molecule has 0 bridgehead atoms. The molecule has 6 aromatic carbocycles. The van der Waals surface area contributed by atoms with Gasteiger partial charge < -0.3 is 67.4 Å². The van der Waals surface area contributed by atoms with Crippen molar-refractivity contribution in [2.75, 3.05) is 35.5 Å². The monoisotopic (exact) mass is 1710 g/mol. The molecule has 0 saturated carbocycles. The van der Waals surface area contributed by atoms with Gasteiger partial charge >= 0.3 is 11.6 Å². The molecule has 4 N–H and O–H groups in total. The Labute approximate surface area is 709 Å². The normalized spacial score (nSPS) is 23.4. The molecule has 11 atom stereocenters. The molecule has 119 heavy (non-hydrogen) atoms. The van der Waals surface area contributed by atoms with Crippen LogP contribution >= 0.6 is 0 Å². The van der Waals surface area contributed by atoms with E-state index >= 15 is 0 Å². The predicted octanol–water partition coefficient (Wildman–Crippen LogP) is 17.5. The molecule has 0 spiro atoms. The molecule has 3 saturated heterocycles. The Balaban J connectivity index is 0.000000970. The van der Waals surface area contributed by atoms with Crippen molar-refractivity contribution >= 4 is 71.5 Å². The fourth-order valence-electron chi connectivity index (χ4n) is 16.7. The number of allylic oxidation sites excluding steroid dienone is 7. The topological polar surface area (TPSA) is 318 Å². The number of aliphatic hydroxyl groups excluding tert-OH is 1. The van der Waals surface area contributed by atoms with Crippen molar-refractivity contribution in [3.05, 3.63) is 219 Å². The molecule has 6 aliphatic rings. The van der Waals surface area contributed by atoms with E-state index in [-0.39, 0.29) is 65.1 Å². The highest BCUT2D eigenvalue weighted by Crippen LogP contribution is 2.50. The third kappa shape index (κ3) is 25.6. The highest BCUT2D eigenvalue weighted by atomic mass is 32.2. The van der Waals surface area contributed by atoms with Crippen LogP contribution in [0.4, 0.5) is 17.1 Å². The van der Waals surface area contributed by atoms with E-state index in [1.165, 1.54) is 53.0 Å². The summed E-state index contributed by atoms with van der Waals surface area (Å²) in [5, 5.41) is 25.3. The summed E-state index contributed by atoms with van der Waals surface area (Å²) < 4.78 is 147. The van der Waals surface area contributed by atoms with E-state index in [0.29, 0.717) is 60.4 Å². The molecule has 5 aliphatic heterocycles. The van der Waals surface area contributed by atoms with Gasteiger partial charge in [-0.2, -0.15) is 13.0 Å². The summed E-state index contributed by atoms with van der Waals surface area (Å²) in [6, 6.07) is 39.5. The Morgan fingerprint density at radius 3 is 1.94 bits per heavy atom. The van der Waals surface area contributed by atoms with E-state index in [4.69, 9.17) is 41.6 Å². The number of ether oxygens (including phenoxy) is 7. The maximum atomic E-state index is 13.1. The zero-order valence-corrected chi connectivity index (χ0v) is 73.7. The Kier molecular flexibility index (Phi) is 33.9. The predicted molar refractivity (Wildman–Crippen MR) is 460 cm³/mol. The summed E-state index contributed by atoms with van der Waals surface area (Å²) in [6.07, 6.45) is 23.1. The van der Waals surface area contributed by atoms with E-state index in [1.807, 2.05) is 43.3 Å². The minimum Gasteiger partial charge on any atom is -0.755 e. The number of amides is 1. The van der Waals surface area contributed by atoms with Crippen LogP contribution in [0.1, 0.15) is 240 Å². The number of nitrogens with one attached hydrogen (secondary N) is 2. The van der Waals surface area contributed by atoms with Crippen LogP contribution in [0.5, 0.6) is 11.5 Å².